The number of amides is 2. The molecule has 1 saturated carbocycles. The number of aryl methyl sites for hydroxylation is 1. The number of esters is 1. The van der Waals surface area contributed by atoms with Gasteiger partial charge in [0.25, 0.3) is 0 Å². The molecule has 2 N–H and O–H groups in total. The fourth-order valence-electron chi connectivity index (χ4n) is 5.50. The van der Waals surface area contributed by atoms with E-state index in [-0.39, 0.29) is 23.7 Å². The van der Waals surface area contributed by atoms with E-state index in [9.17, 15) is 14.4 Å². The van der Waals surface area contributed by atoms with Gasteiger partial charge in [-0.15, -0.1) is 0 Å². The molecule has 0 aromatic carbocycles. The molecule has 0 aliphatic heterocycles. The number of carbonyl (C=O) groups excluding carboxylic acids is 3. The molecule has 3 atom stereocenters. The maximum absolute atomic E-state index is 12.2. The van der Waals surface area contributed by atoms with Crippen LogP contribution in [-0.2, 0) is 25.5 Å². The molecule has 38 heavy (non-hydrogen) atoms. The Balaban J connectivity index is 1.19. The number of allylic oxidation sites excluding steroid dienone is 2. The van der Waals surface area contributed by atoms with Gasteiger partial charge in [0.05, 0.1) is 12.5 Å². The highest BCUT2D eigenvalue weighted by Gasteiger charge is 2.40. The summed E-state index contributed by atoms with van der Waals surface area (Å²) in [5.74, 6) is 2.01. The number of fused-ring (bicyclic) bond motifs is 2. The lowest BCUT2D eigenvalue weighted by Gasteiger charge is -2.16. The Morgan fingerprint density at radius 3 is 1.84 bits per heavy atom. The van der Waals surface area contributed by atoms with Gasteiger partial charge in [0, 0.05) is 12.8 Å². The summed E-state index contributed by atoms with van der Waals surface area (Å²) in [6, 6.07) is 3.82. The van der Waals surface area contributed by atoms with Crippen LogP contribution >= 0.6 is 0 Å². The fourth-order valence-corrected chi connectivity index (χ4v) is 5.50. The lowest BCUT2D eigenvalue weighted by Crippen LogP contribution is -2.21. The maximum atomic E-state index is 12.2. The molecule has 1 heterocycles. The number of pyridine rings is 1. The van der Waals surface area contributed by atoms with Gasteiger partial charge in [-0.3, -0.25) is 14.4 Å². The topological polar surface area (TPSA) is 97.4 Å². The predicted octanol–water partition coefficient (Wildman–Crippen LogP) is 6.98. The number of rotatable bonds is 18. The monoisotopic (exact) mass is 525 g/mol. The number of nitrogens with one attached hydrogen (secondary N) is 2. The average Bonchev–Trinajstić information content (AvgIpc) is 3.55. The molecular formula is C31H47N3O4. The zero-order valence-corrected chi connectivity index (χ0v) is 23.4. The van der Waals surface area contributed by atoms with E-state index in [1.165, 1.54) is 44.9 Å². The van der Waals surface area contributed by atoms with Gasteiger partial charge in [-0.2, -0.15) is 0 Å². The first kappa shape index (κ1) is 29.9. The molecule has 210 valence electrons. The number of hydrogen-bond acceptors (Lipinski definition) is 5. The first-order valence-electron chi connectivity index (χ1n) is 14.9. The zero-order chi connectivity index (χ0) is 27.2. The van der Waals surface area contributed by atoms with E-state index in [1.807, 2.05) is 12.1 Å². The van der Waals surface area contributed by atoms with E-state index in [4.69, 9.17) is 4.74 Å². The van der Waals surface area contributed by atoms with E-state index >= 15 is 0 Å². The van der Waals surface area contributed by atoms with Gasteiger partial charge >= 0.3 is 5.97 Å². The molecule has 0 radical (unpaired) electrons. The Morgan fingerprint density at radius 1 is 0.789 bits per heavy atom. The van der Waals surface area contributed by atoms with Gasteiger partial charge in [-0.25, -0.2) is 4.98 Å². The predicted molar refractivity (Wildman–Crippen MR) is 152 cm³/mol. The molecule has 3 rings (SSSR count). The van der Waals surface area contributed by atoms with E-state index in [0.29, 0.717) is 42.9 Å². The van der Waals surface area contributed by atoms with Crippen LogP contribution in [0, 0.1) is 17.8 Å². The van der Waals surface area contributed by atoms with Crippen molar-refractivity contribution < 1.29 is 19.1 Å². The van der Waals surface area contributed by atoms with Crippen molar-refractivity contribution in [1.82, 2.24) is 4.98 Å². The van der Waals surface area contributed by atoms with Crippen molar-refractivity contribution in [3.05, 3.63) is 29.8 Å². The Morgan fingerprint density at radius 2 is 1.34 bits per heavy atom. The summed E-state index contributed by atoms with van der Waals surface area (Å²) in [6.07, 6.45) is 20.1. The maximum Gasteiger partial charge on any atom is 0.309 e. The molecule has 7 nitrogen and oxygen atoms in total. The molecule has 1 aromatic heterocycles. The third-order valence-corrected chi connectivity index (χ3v) is 7.75. The molecule has 2 amide bonds. The van der Waals surface area contributed by atoms with Crippen LogP contribution in [0.15, 0.2) is 24.3 Å². The van der Waals surface area contributed by atoms with Crippen LogP contribution in [0.25, 0.3) is 0 Å². The van der Waals surface area contributed by atoms with E-state index in [2.05, 4.69) is 27.8 Å². The lowest BCUT2D eigenvalue weighted by atomic mass is 9.94. The van der Waals surface area contributed by atoms with Gasteiger partial charge in [0.15, 0.2) is 0 Å². The summed E-state index contributed by atoms with van der Waals surface area (Å²) in [5, 5.41) is 5.61. The van der Waals surface area contributed by atoms with Crippen molar-refractivity contribution in [2.45, 2.75) is 110 Å². The molecule has 2 aliphatic rings. The quantitative estimate of drug-likeness (QED) is 0.122. The summed E-state index contributed by atoms with van der Waals surface area (Å²) < 4.78 is 5.54. The first-order chi connectivity index (χ1) is 18.5. The molecule has 0 saturated heterocycles. The Hall–Kier alpha value is -2.70. The van der Waals surface area contributed by atoms with Crippen LogP contribution in [0.4, 0.5) is 11.6 Å². The van der Waals surface area contributed by atoms with Gasteiger partial charge in [-0.05, 0) is 61.6 Å². The fraction of sp³-hybridized carbons (Fsp3) is 0.677. The Bertz CT molecular complexity index is 909. The minimum absolute atomic E-state index is 0.0261. The van der Waals surface area contributed by atoms with Crippen LogP contribution in [0.3, 0.4) is 0 Å². The van der Waals surface area contributed by atoms with Gasteiger partial charge < -0.3 is 15.4 Å². The highest BCUT2D eigenvalue weighted by molar-refractivity contribution is 5.92. The summed E-state index contributed by atoms with van der Waals surface area (Å²) in [4.78, 5) is 40.2. The summed E-state index contributed by atoms with van der Waals surface area (Å²) >= 11 is 0. The van der Waals surface area contributed by atoms with Crippen molar-refractivity contribution in [2.75, 3.05) is 17.2 Å². The summed E-state index contributed by atoms with van der Waals surface area (Å²) in [7, 11) is 0. The van der Waals surface area contributed by atoms with Crippen LogP contribution in [0.5, 0.6) is 0 Å². The zero-order valence-electron chi connectivity index (χ0n) is 23.4. The van der Waals surface area contributed by atoms with Crippen molar-refractivity contribution in [2.24, 2.45) is 17.8 Å². The van der Waals surface area contributed by atoms with Crippen molar-refractivity contribution in [3.8, 4) is 0 Å². The average molecular weight is 526 g/mol. The third-order valence-electron chi connectivity index (χ3n) is 7.75. The first-order valence-corrected chi connectivity index (χ1v) is 14.9. The van der Waals surface area contributed by atoms with Gasteiger partial charge in [-0.1, -0.05) is 77.4 Å². The van der Waals surface area contributed by atoms with E-state index in [0.717, 1.165) is 44.1 Å². The number of anilines is 2. The molecule has 1 fully saturated rings. The number of nitrogens with zero attached hydrogens (tertiary/aromatic N) is 1. The van der Waals surface area contributed by atoms with Crippen molar-refractivity contribution in [1.29, 1.82) is 0 Å². The summed E-state index contributed by atoms with van der Waals surface area (Å²) in [5.41, 5.74) is 1.08. The standard InChI is InChI=1S/C31H47N3O4/c1-3-29(35)33-27-21-23(22-28(32-27)34-30(36)4-2)15-13-11-9-7-5-6-8-10-12-14-18-38-31(37)26-20-24-16-17-25(26)19-24/h16-17,21-22,24-26H,3-15,18-20H2,1-2H3,(H2,32,33,34,35,36). The third kappa shape index (κ3) is 10.2. The van der Waals surface area contributed by atoms with Crippen LogP contribution in [0.2, 0.25) is 0 Å². The lowest BCUT2D eigenvalue weighted by molar-refractivity contribution is -0.149. The number of hydrogen-bond donors (Lipinski definition) is 2. The second kappa shape index (κ2) is 16.3. The molecule has 7 heteroatoms. The largest absolute Gasteiger partial charge is 0.465 e. The molecule has 1 aromatic rings. The second-order valence-corrected chi connectivity index (χ2v) is 10.9. The molecule has 3 unspecified atom stereocenters. The molecule has 2 aliphatic carbocycles. The number of ether oxygens (including phenoxy) is 1. The van der Waals surface area contributed by atoms with Crippen LogP contribution in [-0.4, -0.2) is 29.4 Å². The SMILES string of the molecule is CCC(=O)Nc1cc(CCCCCCCCCCCCOC(=O)C2CC3C=CC2C3)cc(NC(=O)CC)n1. The van der Waals surface area contributed by atoms with Crippen molar-refractivity contribution >= 4 is 29.4 Å². The Kier molecular flexibility index (Phi) is 12.8. The molecule has 0 spiro atoms. The van der Waals surface area contributed by atoms with Crippen LogP contribution in [0.1, 0.15) is 109 Å². The highest BCUT2D eigenvalue weighted by atomic mass is 16.5. The van der Waals surface area contributed by atoms with Crippen molar-refractivity contribution in [3.63, 3.8) is 0 Å². The minimum Gasteiger partial charge on any atom is -0.465 e. The van der Waals surface area contributed by atoms with E-state index in [1.54, 1.807) is 13.8 Å². The van der Waals surface area contributed by atoms with Crippen LogP contribution < -0.4 is 10.6 Å². The van der Waals surface area contributed by atoms with E-state index < -0.39 is 0 Å². The van der Waals surface area contributed by atoms with Gasteiger partial charge in [0.2, 0.25) is 11.8 Å². The number of carbonyl (C=O) groups is 3. The number of unbranched alkanes of at least 4 members (excludes halogenated alkanes) is 9. The van der Waals surface area contributed by atoms with Gasteiger partial charge in [0.1, 0.15) is 11.6 Å². The minimum atomic E-state index is -0.0884. The normalized spacial score (nSPS) is 19.5. The Labute approximate surface area is 228 Å². The number of aromatic nitrogens is 1. The smallest absolute Gasteiger partial charge is 0.309 e. The highest BCUT2D eigenvalue weighted by Crippen LogP contribution is 2.43. The molecular weight excluding hydrogens is 478 g/mol. The summed E-state index contributed by atoms with van der Waals surface area (Å²) in [6.45, 7) is 4.18. The molecule has 2 bridgehead atoms. The second-order valence-electron chi connectivity index (χ2n) is 10.9.